The van der Waals surface area contributed by atoms with Crippen molar-refractivity contribution in [3.05, 3.63) is 47.3 Å². The van der Waals surface area contributed by atoms with Crippen molar-refractivity contribution in [2.24, 2.45) is 0 Å². The van der Waals surface area contributed by atoms with Crippen LogP contribution in [0.3, 0.4) is 0 Å². The second-order valence-corrected chi connectivity index (χ2v) is 10.2. The Labute approximate surface area is 239 Å². The number of rotatable bonds is 5. The molecular formula is C23H28KN5O3S. The minimum atomic E-state index is -3.78. The van der Waals surface area contributed by atoms with Crippen molar-refractivity contribution in [2.45, 2.75) is 44.3 Å². The largest absolute Gasteiger partial charge is 1.00 e. The van der Waals surface area contributed by atoms with Crippen LogP contribution >= 0.6 is 0 Å². The molecule has 2 aliphatic rings. The first-order chi connectivity index (χ1) is 15.4. The number of anilines is 1. The predicted octanol–water partition coefficient (Wildman–Crippen LogP) is 0.161. The molecule has 170 valence electrons. The van der Waals surface area contributed by atoms with Crippen molar-refractivity contribution in [1.29, 1.82) is 5.26 Å². The molecule has 1 aliphatic carbocycles. The summed E-state index contributed by atoms with van der Waals surface area (Å²) in [7, 11) is -3.78. The summed E-state index contributed by atoms with van der Waals surface area (Å²) in [6.07, 6.45) is 5.27. The van der Waals surface area contributed by atoms with Crippen molar-refractivity contribution < 1.29 is 66.0 Å². The monoisotopic (exact) mass is 493 g/mol. The van der Waals surface area contributed by atoms with Crippen LogP contribution in [0.4, 0.5) is 10.5 Å². The van der Waals surface area contributed by atoms with Gasteiger partial charge >= 0.3 is 57.4 Å². The topological polar surface area (TPSA) is 115 Å². The minimum Gasteiger partial charge on any atom is -1.00 e. The number of hydrogen-bond donors (Lipinski definition) is 2. The third-order valence-corrected chi connectivity index (χ3v) is 8.18. The average molecular weight is 494 g/mol. The van der Waals surface area contributed by atoms with Gasteiger partial charge in [-0.3, -0.25) is 0 Å². The van der Waals surface area contributed by atoms with Crippen molar-refractivity contribution in [3.8, 4) is 17.2 Å². The minimum absolute atomic E-state index is 0. The van der Waals surface area contributed by atoms with Gasteiger partial charge in [0.1, 0.15) is 11.8 Å². The molecule has 1 fully saturated rings. The Morgan fingerprint density at radius 2 is 2.03 bits per heavy atom. The van der Waals surface area contributed by atoms with Crippen LogP contribution in [0.15, 0.2) is 30.5 Å². The van der Waals surface area contributed by atoms with Gasteiger partial charge in [0.15, 0.2) is 0 Å². The molecule has 8 nitrogen and oxygen atoms in total. The fourth-order valence-corrected chi connectivity index (χ4v) is 5.90. The summed E-state index contributed by atoms with van der Waals surface area (Å²) in [5.41, 5.74) is 4.53. The second kappa shape index (κ2) is 11.4. The van der Waals surface area contributed by atoms with E-state index in [-0.39, 0.29) is 58.5 Å². The molecule has 1 aromatic carbocycles. The van der Waals surface area contributed by atoms with E-state index in [4.69, 9.17) is 0 Å². The molecule has 0 spiro atoms. The molecule has 0 atom stereocenters. The molecule has 1 aliphatic heterocycles. The number of nitriles is 1. The van der Waals surface area contributed by atoms with Crippen LogP contribution in [-0.4, -0.2) is 49.2 Å². The molecule has 0 saturated carbocycles. The fourth-order valence-electron chi connectivity index (χ4n) is 4.60. The number of pyridine rings is 1. The van der Waals surface area contributed by atoms with Crippen LogP contribution < -0.4 is 61.4 Å². The summed E-state index contributed by atoms with van der Waals surface area (Å²) < 4.78 is 27.9. The van der Waals surface area contributed by atoms with E-state index in [0.29, 0.717) is 31.6 Å². The Balaban J connectivity index is 0.00000204. The van der Waals surface area contributed by atoms with Crippen LogP contribution in [0.5, 0.6) is 0 Å². The third kappa shape index (κ3) is 6.03. The molecule has 1 saturated heterocycles. The molecule has 2 heterocycles. The number of benzene rings is 1. The molecule has 0 radical (unpaired) electrons. The average Bonchev–Trinajstić information content (AvgIpc) is 3.28. The molecule has 4 rings (SSSR count). The van der Waals surface area contributed by atoms with E-state index in [2.05, 4.69) is 26.8 Å². The Bertz CT molecular complexity index is 1180. The number of fused-ring (bicyclic) bond motifs is 1. The Kier molecular flexibility index (Phi) is 9.08. The Morgan fingerprint density at radius 3 is 2.73 bits per heavy atom. The summed E-state index contributed by atoms with van der Waals surface area (Å²) >= 11 is 0. The molecule has 0 bridgehead atoms. The molecule has 33 heavy (non-hydrogen) atoms. The molecule has 1 aromatic heterocycles. The van der Waals surface area contributed by atoms with Gasteiger partial charge in [0.05, 0.1) is 10.9 Å². The van der Waals surface area contributed by atoms with Crippen molar-refractivity contribution in [1.82, 2.24) is 14.6 Å². The number of urea groups is 1. The summed E-state index contributed by atoms with van der Waals surface area (Å²) in [4.78, 5) is 19.0. The van der Waals surface area contributed by atoms with Crippen LogP contribution in [0.1, 0.15) is 44.4 Å². The van der Waals surface area contributed by atoms with Gasteiger partial charge < -0.3 is 11.6 Å². The van der Waals surface area contributed by atoms with E-state index < -0.39 is 21.3 Å². The summed E-state index contributed by atoms with van der Waals surface area (Å²) in [5.74, 6) is 0. The fraction of sp³-hybridized carbons (Fsp3) is 0.435. The normalized spacial score (nSPS) is 16.4. The number of nitrogens with zero attached hydrogens (tertiary/aromatic N) is 3. The van der Waals surface area contributed by atoms with E-state index in [1.54, 1.807) is 18.3 Å². The van der Waals surface area contributed by atoms with E-state index >= 15 is 0 Å². The molecule has 10 heteroatoms. The number of aromatic nitrogens is 1. The Hall–Kier alpha value is -1.32. The number of sulfonamides is 1. The number of piperidine rings is 1. The SMILES string of the molecule is CCN1CCC(S(=O)(=O)NC(=O)Nc2c(-c3ccnc(C#N)c3)ccc3c2CCC3)CC1.[H-].[K+]. The van der Waals surface area contributed by atoms with Crippen LogP contribution in [0, 0.1) is 11.3 Å². The first kappa shape index (κ1) is 26.3. The van der Waals surface area contributed by atoms with Crippen LogP contribution in [0.25, 0.3) is 11.1 Å². The summed E-state index contributed by atoms with van der Waals surface area (Å²) in [6.45, 7) is 4.37. The number of carbonyl (C=O) groups excluding carboxylic acids is 1. The van der Waals surface area contributed by atoms with Gasteiger partial charge in [0.2, 0.25) is 10.0 Å². The number of carbonyl (C=O) groups is 1. The smallest absolute Gasteiger partial charge is 1.00 e. The van der Waals surface area contributed by atoms with Gasteiger partial charge in [-0.1, -0.05) is 19.1 Å². The number of amides is 2. The molecule has 2 aromatic rings. The number of aryl methyl sites for hydroxylation is 1. The standard InChI is InChI=1S/C23H27N5O3S.K.H/c1-2-28-12-9-19(10-13-28)32(30,31)27-23(29)26-22-20-5-3-4-16(20)6-7-21(22)17-8-11-25-18(14-17)15-24;;/h6-8,11,14,19H,2-5,9-10,12-13H2,1H3,(H2,26,27,29);;/q;+1;-1. The quantitative estimate of drug-likeness (QED) is 0.574. The van der Waals surface area contributed by atoms with Gasteiger partial charge in [-0.05, 0) is 80.6 Å². The zero-order valence-electron chi connectivity index (χ0n) is 20.1. The summed E-state index contributed by atoms with van der Waals surface area (Å²) in [6, 6.07) is 8.66. The van der Waals surface area contributed by atoms with E-state index in [9.17, 15) is 18.5 Å². The third-order valence-electron chi connectivity index (χ3n) is 6.36. The van der Waals surface area contributed by atoms with Crippen molar-refractivity contribution >= 4 is 21.7 Å². The van der Waals surface area contributed by atoms with E-state index in [0.717, 1.165) is 48.1 Å². The van der Waals surface area contributed by atoms with Crippen LogP contribution in [0.2, 0.25) is 0 Å². The number of hydrogen-bond acceptors (Lipinski definition) is 6. The second-order valence-electron chi connectivity index (χ2n) is 8.26. The zero-order chi connectivity index (χ0) is 22.7. The molecular weight excluding hydrogens is 465 g/mol. The maximum atomic E-state index is 12.8. The van der Waals surface area contributed by atoms with E-state index in [1.807, 2.05) is 18.2 Å². The number of likely N-dealkylation sites (tertiary alicyclic amines) is 1. The first-order valence-corrected chi connectivity index (χ1v) is 12.5. The molecule has 2 amide bonds. The van der Waals surface area contributed by atoms with Crippen molar-refractivity contribution in [3.63, 3.8) is 0 Å². The maximum Gasteiger partial charge on any atom is 1.00 e. The van der Waals surface area contributed by atoms with Gasteiger partial charge in [0.25, 0.3) is 0 Å². The maximum absolute atomic E-state index is 12.8. The van der Waals surface area contributed by atoms with Crippen molar-refractivity contribution in [2.75, 3.05) is 25.0 Å². The summed E-state index contributed by atoms with van der Waals surface area (Å²) in [5, 5.41) is 11.4. The molecule has 2 N–H and O–H groups in total. The van der Waals surface area contributed by atoms with Crippen LogP contribution in [-0.2, 0) is 22.9 Å². The van der Waals surface area contributed by atoms with E-state index in [1.165, 1.54) is 0 Å². The van der Waals surface area contributed by atoms with Gasteiger partial charge in [-0.2, -0.15) is 5.26 Å². The predicted molar refractivity (Wildman–Crippen MR) is 124 cm³/mol. The van der Waals surface area contributed by atoms with Gasteiger partial charge in [-0.25, -0.2) is 22.9 Å². The van der Waals surface area contributed by atoms with Gasteiger partial charge in [-0.15, -0.1) is 0 Å². The first-order valence-electron chi connectivity index (χ1n) is 11.0. The molecule has 0 unspecified atom stereocenters. The number of nitrogens with one attached hydrogen (secondary N) is 2. The zero-order valence-corrected chi connectivity index (χ0v) is 23.0. The Morgan fingerprint density at radius 1 is 1.27 bits per heavy atom. The van der Waals surface area contributed by atoms with Gasteiger partial charge in [0, 0.05) is 11.8 Å².